The molecule has 0 unspecified atom stereocenters. The summed E-state index contributed by atoms with van der Waals surface area (Å²) in [5.41, 5.74) is -0.365. The minimum absolute atomic E-state index is 0.268. The number of halogens is 3. The number of benzene rings is 1. The summed E-state index contributed by atoms with van der Waals surface area (Å²) in [6.07, 6.45) is -3.81. The fourth-order valence-electron chi connectivity index (χ4n) is 3.22. The second-order valence-electron chi connectivity index (χ2n) is 6.43. The van der Waals surface area contributed by atoms with E-state index in [1.54, 1.807) is 7.05 Å². The van der Waals surface area contributed by atoms with Crippen LogP contribution in [0, 0.1) is 0 Å². The number of anilines is 1. The van der Waals surface area contributed by atoms with Crippen molar-refractivity contribution in [3.8, 4) is 5.75 Å². The first-order valence-electron chi connectivity index (χ1n) is 8.02. The molecule has 7 nitrogen and oxygen atoms in total. The molecule has 1 atom stereocenters. The third-order valence-corrected chi connectivity index (χ3v) is 4.31. The van der Waals surface area contributed by atoms with Crippen molar-refractivity contribution in [3.05, 3.63) is 24.3 Å². The summed E-state index contributed by atoms with van der Waals surface area (Å²) < 4.78 is 45.7. The van der Waals surface area contributed by atoms with E-state index in [9.17, 15) is 22.8 Å². The zero-order valence-electron chi connectivity index (χ0n) is 14.0. The van der Waals surface area contributed by atoms with E-state index < -0.39 is 24.1 Å². The molecule has 142 valence electrons. The molecule has 2 heterocycles. The highest BCUT2D eigenvalue weighted by atomic mass is 19.4. The fraction of sp³-hybridized carbons (Fsp3) is 0.500. The molecule has 1 aromatic carbocycles. The molecule has 0 bridgehead atoms. The molecule has 0 aliphatic carbocycles. The topological polar surface area (TPSA) is 71.1 Å². The molecule has 0 aromatic heterocycles. The summed E-state index contributed by atoms with van der Waals surface area (Å²) in [7, 11) is 1.64. The molecule has 2 aliphatic rings. The van der Waals surface area contributed by atoms with Gasteiger partial charge in [0.15, 0.2) is 0 Å². The monoisotopic (exact) mass is 373 g/mol. The maximum absolute atomic E-state index is 12.4. The van der Waals surface area contributed by atoms with Crippen molar-refractivity contribution in [2.45, 2.75) is 24.8 Å². The van der Waals surface area contributed by atoms with Gasteiger partial charge < -0.3 is 24.6 Å². The number of carbonyl (C=O) groups is 2. The van der Waals surface area contributed by atoms with Gasteiger partial charge in [-0.3, -0.25) is 0 Å². The lowest BCUT2D eigenvalue weighted by atomic mass is 9.93. The third-order valence-electron chi connectivity index (χ3n) is 4.31. The molecule has 2 fully saturated rings. The van der Waals surface area contributed by atoms with Crippen LogP contribution >= 0.6 is 0 Å². The number of nitrogens with one attached hydrogen (secondary N) is 1. The van der Waals surface area contributed by atoms with Crippen LogP contribution in [-0.2, 0) is 4.74 Å². The molecule has 26 heavy (non-hydrogen) atoms. The number of hydrogen-bond donors (Lipinski definition) is 1. The molecule has 2 aliphatic heterocycles. The molecule has 1 aromatic rings. The van der Waals surface area contributed by atoms with Crippen LogP contribution in [0.1, 0.15) is 12.8 Å². The third kappa shape index (κ3) is 4.12. The van der Waals surface area contributed by atoms with Crippen LogP contribution in [0.2, 0.25) is 0 Å². The molecule has 2 saturated heterocycles. The van der Waals surface area contributed by atoms with Gasteiger partial charge in [-0.15, -0.1) is 13.2 Å². The van der Waals surface area contributed by atoms with E-state index in [1.807, 2.05) is 0 Å². The molecular formula is C16H18F3N3O4. The number of rotatable bonds is 2. The van der Waals surface area contributed by atoms with Crippen molar-refractivity contribution < 1.29 is 32.2 Å². The second kappa shape index (κ2) is 6.58. The average Bonchev–Trinajstić information content (AvgIpc) is 2.81. The molecule has 0 radical (unpaired) electrons. The van der Waals surface area contributed by atoms with Crippen LogP contribution in [0.5, 0.6) is 5.75 Å². The molecule has 0 saturated carbocycles. The van der Waals surface area contributed by atoms with Gasteiger partial charge in [0.05, 0.1) is 13.1 Å². The number of urea groups is 1. The first kappa shape index (κ1) is 18.2. The number of piperidine rings is 1. The lowest BCUT2D eigenvalue weighted by molar-refractivity contribution is -0.274. The van der Waals surface area contributed by atoms with Gasteiger partial charge in [0.1, 0.15) is 11.4 Å². The average molecular weight is 373 g/mol. The Morgan fingerprint density at radius 3 is 2.54 bits per heavy atom. The maximum Gasteiger partial charge on any atom is 0.573 e. The van der Waals surface area contributed by atoms with Gasteiger partial charge in [-0.25, -0.2) is 9.59 Å². The van der Waals surface area contributed by atoms with Gasteiger partial charge in [0.2, 0.25) is 0 Å². The van der Waals surface area contributed by atoms with Crippen LogP contribution < -0.4 is 10.1 Å². The zero-order chi connectivity index (χ0) is 18.9. The van der Waals surface area contributed by atoms with Crippen molar-refractivity contribution in [3.63, 3.8) is 0 Å². The lowest BCUT2D eigenvalue weighted by Crippen LogP contribution is -2.53. The Bertz CT molecular complexity index is 695. The minimum Gasteiger partial charge on any atom is -0.439 e. The van der Waals surface area contributed by atoms with E-state index >= 15 is 0 Å². The SMILES string of the molecule is CN1C[C@@]2(CCCN(C(=O)Nc3ccc(OC(F)(F)F)cc3)C2)OC1=O. The number of hydrogen-bond acceptors (Lipinski definition) is 4. The predicted molar refractivity (Wildman–Crippen MR) is 84.8 cm³/mol. The standard InChI is InChI=1S/C16H18F3N3O4/c1-21-9-15(26-14(21)24)7-2-8-22(10-15)13(23)20-11-3-5-12(6-4-11)25-16(17,18)19/h3-6H,2,7-10H2,1H3,(H,20,23)/t15-/m1/s1. The number of carbonyl (C=O) groups excluding carboxylic acids is 2. The van der Waals surface area contributed by atoms with Gasteiger partial charge in [-0.05, 0) is 37.1 Å². The maximum atomic E-state index is 12.4. The quantitative estimate of drug-likeness (QED) is 0.865. The van der Waals surface area contributed by atoms with Gasteiger partial charge in [0, 0.05) is 19.3 Å². The normalized spacial score (nSPS) is 23.2. The summed E-state index contributed by atoms with van der Waals surface area (Å²) in [6.45, 7) is 1.19. The van der Waals surface area contributed by atoms with Crippen molar-refractivity contribution in [2.75, 3.05) is 32.0 Å². The Morgan fingerprint density at radius 2 is 1.96 bits per heavy atom. The van der Waals surface area contributed by atoms with Crippen LogP contribution in [0.3, 0.4) is 0 Å². The Kier molecular flexibility index (Phi) is 4.59. The largest absolute Gasteiger partial charge is 0.573 e. The smallest absolute Gasteiger partial charge is 0.439 e. The van der Waals surface area contributed by atoms with Gasteiger partial charge in [-0.1, -0.05) is 0 Å². The highest BCUT2D eigenvalue weighted by Crippen LogP contribution is 2.31. The lowest BCUT2D eigenvalue weighted by Gasteiger charge is -2.38. The van der Waals surface area contributed by atoms with Gasteiger partial charge >= 0.3 is 18.5 Å². The summed E-state index contributed by atoms with van der Waals surface area (Å²) >= 11 is 0. The van der Waals surface area contributed by atoms with E-state index in [2.05, 4.69) is 10.1 Å². The fourth-order valence-corrected chi connectivity index (χ4v) is 3.22. The van der Waals surface area contributed by atoms with Crippen LogP contribution in [-0.4, -0.2) is 60.6 Å². The first-order valence-corrected chi connectivity index (χ1v) is 8.02. The second-order valence-corrected chi connectivity index (χ2v) is 6.43. The molecule has 10 heteroatoms. The van der Waals surface area contributed by atoms with E-state index in [0.717, 1.165) is 12.1 Å². The number of likely N-dealkylation sites (tertiary alicyclic amines) is 1. The number of nitrogens with zero attached hydrogens (tertiary/aromatic N) is 2. The van der Waals surface area contributed by atoms with E-state index in [0.29, 0.717) is 31.6 Å². The van der Waals surface area contributed by atoms with Crippen molar-refractivity contribution in [1.29, 1.82) is 0 Å². The Hall–Kier alpha value is -2.65. The Labute approximate surface area is 147 Å². The van der Waals surface area contributed by atoms with Crippen molar-refractivity contribution in [1.82, 2.24) is 9.80 Å². The van der Waals surface area contributed by atoms with Gasteiger partial charge in [-0.2, -0.15) is 0 Å². The highest BCUT2D eigenvalue weighted by molar-refractivity contribution is 5.89. The minimum atomic E-state index is -4.77. The molecule has 3 amide bonds. The molecule has 1 N–H and O–H groups in total. The van der Waals surface area contributed by atoms with E-state index in [1.165, 1.54) is 21.9 Å². The molecule has 3 rings (SSSR count). The summed E-state index contributed by atoms with van der Waals surface area (Å²) in [5.74, 6) is -0.367. The van der Waals surface area contributed by atoms with Crippen molar-refractivity contribution >= 4 is 17.8 Å². The number of likely N-dealkylation sites (N-methyl/N-ethyl adjacent to an activating group) is 1. The van der Waals surface area contributed by atoms with E-state index in [4.69, 9.17) is 4.74 Å². The van der Waals surface area contributed by atoms with Crippen LogP contribution in [0.4, 0.5) is 28.4 Å². The molecular weight excluding hydrogens is 355 g/mol. The highest BCUT2D eigenvalue weighted by Gasteiger charge is 2.47. The summed E-state index contributed by atoms with van der Waals surface area (Å²) in [6, 6.07) is 4.48. The number of amides is 3. The summed E-state index contributed by atoms with van der Waals surface area (Å²) in [4.78, 5) is 27.1. The Balaban J connectivity index is 1.60. The zero-order valence-corrected chi connectivity index (χ0v) is 14.0. The van der Waals surface area contributed by atoms with Crippen LogP contribution in [0.25, 0.3) is 0 Å². The Morgan fingerprint density at radius 1 is 1.27 bits per heavy atom. The first-order chi connectivity index (χ1) is 12.2. The van der Waals surface area contributed by atoms with E-state index in [-0.39, 0.29) is 12.3 Å². The number of alkyl halides is 3. The van der Waals surface area contributed by atoms with Crippen LogP contribution in [0.15, 0.2) is 24.3 Å². The summed E-state index contributed by atoms with van der Waals surface area (Å²) in [5, 5.41) is 2.63. The molecule has 1 spiro atoms. The van der Waals surface area contributed by atoms with Crippen molar-refractivity contribution in [2.24, 2.45) is 0 Å². The predicted octanol–water partition coefficient (Wildman–Crippen LogP) is 3.03. The van der Waals surface area contributed by atoms with Gasteiger partial charge in [0.25, 0.3) is 0 Å². The number of ether oxygens (including phenoxy) is 2.